The maximum atomic E-state index is 5.76. The first-order valence-electron chi connectivity index (χ1n) is 4.74. The largest absolute Gasteiger partial charge is 0.397 e. The van der Waals surface area contributed by atoms with Crippen LogP contribution < -0.4 is 11.5 Å². The molecule has 0 atom stereocenters. The number of aryl methyl sites for hydroxylation is 2. The molecule has 0 bridgehead atoms. The Bertz CT molecular complexity index is 499. The standard InChI is InChI=1S/C11H14N4/c1-7-5-11(15(2)14-7)8-3-4-9(12)10(13)6-8/h3-6H,12-13H2,1-2H3. The molecule has 0 amide bonds. The highest BCUT2D eigenvalue weighted by Gasteiger charge is 2.06. The molecule has 2 aromatic rings. The zero-order valence-electron chi connectivity index (χ0n) is 8.86. The van der Waals surface area contributed by atoms with Gasteiger partial charge in [-0.05, 0) is 25.1 Å². The van der Waals surface area contributed by atoms with Gasteiger partial charge in [0, 0.05) is 12.6 Å². The van der Waals surface area contributed by atoms with Crippen LogP contribution in [0.3, 0.4) is 0 Å². The van der Waals surface area contributed by atoms with Gasteiger partial charge in [0.05, 0.1) is 22.8 Å². The third-order valence-corrected chi connectivity index (χ3v) is 2.38. The lowest BCUT2D eigenvalue weighted by Crippen LogP contribution is -1.97. The van der Waals surface area contributed by atoms with Crippen molar-refractivity contribution in [1.82, 2.24) is 9.78 Å². The lowest BCUT2D eigenvalue weighted by molar-refractivity contribution is 0.764. The van der Waals surface area contributed by atoms with Gasteiger partial charge in [0.15, 0.2) is 0 Å². The molecule has 0 spiro atoms. The normalized spacial score (nSPS) is 10.5. The molecule has 4 heteroatoms. The van der Waals surface area contributed by atoms with Crippen LogP contribution in [0.25, 0.3) is 11.3 Å². The van der Waals surface area contributed by atoms with Gasteiger partial charge in [0.25, 0.3) is 0 Å². The van der Waals surface area contributed by atoms with Crippen molar-refractivity contribution in [1.29, 1.82) is 0 Å². The lowest BCUT2D eigenvalue weighted by Gasteiger charge is -2.05. The lowest BCUT2D eigenvalue weighted by atomic mass is 10.1. The first-order valence-corrected chi connectivity index (χ1v) is 4.74. The van der Waals surface area contributed by atoms with Gasteiger partial charge in [-0.25, -0.2) is 0 Å². The van der Waals surface area contributed by atoms with Crippen LogP contribution in [0, 0.1) is 6.92 Å². The van der Waals surface area contributed by atoms with Crippen LogP contribution in [-0.2, 0) is 7.05 Å². The highest BCUT2D eigenvalue weighted by Crippen LogP contribution is 2.25. The second kappa shape index (κ2) is 3.31. The van der Waals surface area contributed by atoms with Gasteiger partial charge < -0.3 is 11.5 Å². The van der Waals surface area contributed by atoms with Gasteiger partial charge in [-0.15, -0.1) is 0 Å². The molecule has 0 saturated carbocycles. The highest BCUT2D eigenvalue weighted by molar-refractivity contribution is 5.73. The van der Waals surface area contributed by atoms with Crippen molar-refractivity contribution in [2.24, 2.45) is 7.05 Å². The number of rotatable bonds is 1. The van der Waals surface area contributed by atoms with Crippen molar-refractivity contribution in [2.75, 3.05) is 11.5 Å². The second-order valence-electron chi connectivity index (χ2n) is 3.64. The Labute approximate surface area is 88.5 Å². The first-order chi connectivity index (χ1) is 7.08. The molecule has 15 heavy (non-hydrogen) atoms. The van der Waals surface area contributed by atoms with Crippen molar-refractivity contribution in [3.8, 4) is 11.3 Å². The van der Waals surface area contributed by atoms with E-state index in [-0.39, 0.29) is 0 Å². The van der Waals surface area contributed by atoms with Crippen LogP contribution in [-0.4, -0.2) is 9.78 Å². The Morgan fingerprint density at radius 2 is 1.87 bits per heavy atom. The van der Waals surface area contributed by atoms with Gasteiger partial charge in [0.2, 0.25) is 0 Å². The van der Waals surface area contributed by atoms with Gasteiger partial charge in [-0.3, -0.25) is 4.68 Å². The summed E-state index contributed by atoms with van der Waals surface area (Å²) in [5, 5.41) is 4.28. The monoisotopic (exact) mass is 202 g/mol. The van der Waals surface area contributed by atoms with E-state index in [1.807, 2.05) is 42.9 Å². The Kier molecular flexibility index (Phi) is 2.11. The maximum absolute atomic E-state index is 5.76. The molecular weight excluding hydrogens is 188 g/mol. The molecule has 0 aliphatic heterocycles. The van der Waals surface area contributed by atoms with Crippen molar-refractivity contribution in [3.05, 3.63) is 30.0 Å². The van der Waals surface area contributed by atoms with Crippen LogP contribution >= 0.6 is 0 Å². The molecule has 1 heterocycles. The Hall–Kier alpha value is -1.97. The van der Waals surface area contributed by atoms with E-state index in [9.17, 15) is 0 Å². The van der Waals surface area contributed by atoms with E-state index in [0.29, 0.717) is 11.4 Å². The number of nitrogens with zero attached hydrogens (tertiary/aromatic N) is 2. The number of benzene rings is 1. The first kappa shape index (κ1) is 9.58. The summed E-state index contributed by atoms with van der Waals surface area (Å²) in [6.45, 7) is 1.96. The molecular formula is C11H14N4. The third kappa shape index (κ3) is 1.66. The van der Waals surface area contributed by atoms with Crippen molar-refractivity contribution < 1.29 is 0 Å². The fourth-order valence-electron chi connectivity index (χ4n) is 1.61. The van der Waals surface area contributed by atoms with E-state index >= 15 is 0 Å². The van der Waals surface area contributed by atoms with Crippen molar-refractivity contribution in [2.45, 2.75) is 6.92 Å². The smallest absolute Gasteiger partial charge is 0.0682 e. The minimum Gasteiger partial charge on any atom is -0.397 e. The average Bonchev–Trinajstić information content (AvgIpc) is 2.50. The summed E-state index contributed by atoms with van der Waals surface area (Å²) < 4.78 is 1.83. The fourth-order valence-corrected chi connectivity index (χ4v) is 1.61. The Balaban J connectivity index is 2.54. The minimum absolute atomic E-state index is 0.603. The topological polar surface area (TPSA) is 69.9 Å². The maximum Gasteiger partial charge on any atom is 0.0682 e. The summed E-state index contributed by atoms with van der Waals surface area (Å²) in [7, 11) is 1.91. The van der Waals surface area contributed by atoms with Crippen LogP contribution in [0.4, 0.5) is 11.4 Å². The number of hydrogen-bond donors (Lipinski definition) is 2. The average molecular weight is 202 g/mol. The summed E-state index contributed by atoms with van der Waals surface area (Å²) in [6, 6.07) is 7.64. The summed E-state index contributed by atoms with van der Waals surface area (Å²) >= 11 is 0. The molecule has 0 saturated heterocycles. The number of anilines is 2. The number of nitrogens with two attached hydrogens (primary N) is 2. The summed E-state index contributed by atoms with van der Waals surface area (Å²) in [6.07, 6.45) is 0. The predicted octanol–water partition coefficient (Wildman–Crippen LogP) is 1.56. The van der Waals surface area contributed by atoms with Crippen molar-refractivity contribution >= 4 is 11.4 Å². The number of aromatic nitrogens is 2. The van der Waals surface area contributed by atoms with Gasteiger partial charge >= 0.3 is 0 Å². The van der Waals surface area contributed by atoms with Gasteiger partial charge in [0.1, 0.15) is 0 Å². The fraction of sp³-hybridized carbons (Fsp3) is 0.182. The zero-order chi connectivity index (χ0) is 11.0. The summed E-state index contributed by atoms with van der Waals surface area (Å²) in [5.41, 5.74) is 15.7. The summed E-state index contributed by atoms with van der Waals surface area (Å²) in [5.74, 6) is 0. The van der Waals surface area contributed by atoms with E-state index in [4.69, 9.17) is 11.5 Å². The van der Waals surface area contributed by atoms with Crippen LogP contribution in [0.15, 0.2) is 24.3 Å². The van der Waals surface area contributed by atoms with Gasteiger partial charge in [-0.1, -0.05) is 6.07 Å². The van der Waals surface area contributed by atoms with Crippen LogP contribution in [0.2, 0.25) is 0 Å². The molecule has 2 rings (SSSR count). The van der Waals surface area contributed by atoms with E-state index < -0.39 is 0 Å². The van der Waals surface area contributed by atoms with E-state index in [1.54, 1.807) is 0 Å². The van der Waals surface area contributed by atoms with Crippen LogP contribution in [0.5, 0.6) is 0 Å². The molecule has 0 radical (unpaired) electrons. The molecule has 4 nitrogen and oxygen atoms in total. The number of hydrogen-bond acceptors (Lipinski definition) is 3. The van der Waals surface area contributed by atoms with E-state index in [0.717, 1.165) is 17.0 Å². The Morgan fingerprint density at radius 1 is 1.13 bits per heavy atom. The van der Waals surface area contributed by atoms with Gasteiger partial charge in [-0.2, -0.15) is 5.10 Å². The zero-order valence-corrected chi connectivity index (χ0v) is 8.86. The minimum atomic E-state index is 0.603. The molecule has 1 aromatic carbocycles. The highest BCUT2D eigenvalue weighted by atomic mass is 15.3. The molecule has 4 N–H and O–H groups in total. The number of nitrogen functional groups attached to an aromatic ring is 2. The molecule has 0 unspecified atom stereocenters. The molecule has 0 aliphatic rings. The van der Waals surface area contributed by atoms with E-state index in [2.05, 4.69) is 5.10 Å². The summed E-state index contributed by atoms with van der Waals surface area (Å²) in [4.78, 5) is 0. The molecule has 1 aromatic heterocycles. The quantitative estimate of drug-likeness (QED) is 0.689. The predicted molar refractivity (Wildman–Crippen MR) is 62.2 cm³/mol. The Morgan fingerprint density at radius 3 is 2.40 bits per heavy atom. The molecule has 0 fully saturated rings. The molecule has 78 valence electrons. The molecule has 0 aliphatic carbocycles. The SMILES string of the molecule is Cc1cc(-c2ccc(N)c(N)c2)n(C)n1. The van der Waals surface area contributed by atoms with Crippen LogP contribution in [0.1, 0.15) is 5.69 Å². The van der Waals surface area contributed by atoms with E-state index in [1.165, 1.54) is 0 Å². The second-order valence-corrected chi connectivity index (χ2v) is 3.64. The van der Waals surface area contributed by atoms with Crippen molar-refractivity contribution in [3.63, 3.8) is 0 Å². The third-order valence-electron chi connectivity index (χ3n) is 2.38.